The number of thiazole rings is 1. The molecule has 2 aromatic rings. The van der Waals surface area contributed by atoms with E-state index in [0.717, 1.165) is 28.6 Å². The van der Waals surface area contributed by atoms with E-state index in [-0.39, 0.29) is 0 Å². The molecule has 0 atom stereocenters. The first-order valence-electron chi connectivity index (χ1n) is 6.95. The van der Waals surface area contributed by atoms with Gasteiger partial charge in [0.1, 0.15) is 17.4 Å². The van der Waals surface area contributed by atoms with Crippen LogP contribution in [0.2, 0.25) is 0 Å². The lowest BCUT2D eigenvalue weighted by molar-refractivity contribution is 0.302. The molecule has 0 unspecified atom stereocenters. The van der Waals surface area contributed by atoms with Crippen LogP contribution in [0.25, 0.3) is 0 Å². The van der Waals surface area contributed by atoms with Gasteiger partial charge in [-0.1, -0.05) is 39.0 Å². The summed E-state index contributed by atoms with van der Waals surface area (Å²) in [5.74, 6) is 2.14. The van der Waals surface area contributed by atoms with Gasteiger partial charge in [0.2, 0.25) is 0 Å². The predicted octanol–water partition coefficient (Wildman–Crippen LogP) is 4.84. The van der Waals surface area contributed by atoms with Crippen LogP contribution < -0.4 is 4.74 Å². The van der Waals surface area contributed by atoms with Crippen LogP contribution in [0.5, 0.6) is 5.75 Å². The van der Waals surface area contributed by atoms with E-state index in [1.54, 1.807) is 11.3 Å². The van der Waals surface area contributed by atoms with Crippen molar-refractivity contribution >= 4 is 24.0 Å². The molecule has 0 radical (unpaired) electrons. The highest BCUT2D eigenvalue weighted by molar-refractivity contribution is 7.79. The summed E-state index contributed by atoms with van der Waals surface area (Å²) < 4.78 is 5.93. The summed E-state index contributed by atoms with van der Waals surface area (Å²) in [7, 11) is 0. The third-order valence-corrected chi connectivity index (χ3v) is 4.74. The topological polar surface area (TPSA) is 22.1 Å². The number of ether oxygens (including phenoxy) is 1. The lowest BCUT2D eigenvalue weighted by Gasteiger charge is -2.08. The second kappa shape index (κ2) is 7.14. The normalized spacial score (nSPS) is 11.1. The van der Waals surface area contributed by atoms with Crippen LogP contribution in [-0.2, 0) is 18.8 Å². The average Bonchev–Trinajstić information content (AvgIpc) is 2.89. The van der Waals surface area contributed by atoms with Gasteiger partial charge < -0.3 is 4.74 Å². The molecule has 0 bridgehead atoms. The Hall–Kier alpha value is -1.000. The number of para-hydroxylation sites is 1. The Labute approximate surface area is 130 Å². The highest BCUT2D eigenvalue weighted by Gasteiger charge is 2.13. The highest BCUT2D eigenvalue weighted by atomic mass is 32.1. The van der Waals surface area contributed by atoms with Gasteiger partial charge in [-0.15, -0.1) is 11.3 Å². The lowest BCUT2D eigenvalue weighted by atomic mass is 10.1. The molecule has 0 fully saturated rings. The molecule has 1 heterocycles. The zero-order valence-corrected chi connectivity index (χ0v) is 13.9. The number of thiol groups is 1. The summed E-state index contributed by atoms with van der Waals surface area (Å²) in [6.07, 6.45) is 0.979. The van der Waals surface area contributed by atoms with Crippen molar-refractivity contribution < 1.29 is 4.74 Å². The van der Waals surface area contributed by atoms with Crippen LogP contribution in [0.3, 0.4) is 0 Å². The Morgan fingerprint density at radius 1 is 1.30 bits per heavy atom. The predicted molar refractivity (Wildman–Crippen MR) is 89.0 cm³/mol. The molecule has 0 aliphatic rings. The van der Waals surface area contributed by atoms with E-state index in [1.807, 2.05) is 18.2 Å². The van der Waals surface area contributed by atoms with E-state index in [2.05, 4.69) is 39.5 Å². The van der Waals surface area contributed by atoms with Gasteiger partial charge in [0.05, 0.1) is 5.69 Å². The minimum atomic E-state index is 0.435. The van der Waals surface area contributed by atoms with Crippen LogP contribution >= 0.6 is 24.0 Å². The summed E-state index contributed by atoms with van der Waals surface area (Å²) in [6.45, 7) is 7.01. The van der Waals surface area contributed by atoms with E-state index in [4.69, 9.17) is 9.72 Å². The van der Waals surface area contributed by atoms with Crippen LogP contribution in [0, 0.1) is 0 Å². The molecule has 2 nitrogen and oxygen atoms in total. The van der Waals surface area contributed by atoms with E-state index < -0.39 is 0 Å². The molecule has 0 aliphatic heterocycles. The van der Waals surface area contributed by atoms with Gasteiger partial charge in [-0.05, 0) is 24.0 Å². The van der Waals surface area contributed by atoms with Gasteiger partial charge in [0.25, 0.3) is 0 Å². The molecule has 0 saturated carbocycles. The highest BCUT2D eigenvalue weighted by Crippen LogP contribution is 2.28. The molecular weight excluding hydrogens is 286 g/mol. The molecule has 2 rings (SSSR count). The van der Waals surface area contributed by atoms with Crippen LogP contribution in [0.4, 0.5) is 0 Å². The molecule has 0 N–H and O–H groups in total. The van der Waals surface area contributed by atoms with Gasteiger partial charge in [-0.3, -0.25) is 0 Å². The number of hydrogen-bond acceptors (Lipinski definition) is 4. The van der Waals surface area contributed by atoms with Crippen molar-refractivity contribution in [3.63, 3.8) is 0 Å². The Bertz CT molecular complexity index is 563. The molecule has 4 heteroatoms. The van der Waals surface area contributed by atoms with E-state index >= 15 is 0 Å². The molecule has 0 spiro atoms. The smallest absolute Gasteiger partial charge is 0.140 e. The Morgan fingerprint density at radius 3 is 2.65 bits per heavy atom. The minimum Gasteiger partial charge on any atom is -0.486 e. The van der Waals surface area contributed by atoms with Crippen molar-refractivity contribution in [3.8, 4) is 5.75 Å². The van der Waals surface area contributed by atoms with E-state index in [9.17, 15) is 0 Å². The van der Waals surface area contributed by atoms with Crippen molar-refractivity contribution in [2.45, 2.75) is 45.5 Å². The quantitative estimate of drug-likeness (QED) is 0.772. The van der Waals surface area contributed by atoms with Gasteiger partial charge in [0, 0.05) is 10.6 Å². The van der Waals surface area contributed by atoms with E-state index in [1.165, 1.54) is 10.4 Å². The summed E-state index contributed by atoms with van der Waals surface area (Å²) >= 11 is 6.09. The fraction of sp³-hybridized carbons (Fsp3) is 0.438. The molecule has 0 saturated heterocycles. The number of aromatic nitrogens is 1. The van der Waals surface area contributed by atoms with E-state index in [0.29, 0.717) is 12.5 Å². The monoisotopic (exact) mass is 307 g/mol. The number of rotatable bonds is 6. The molecule has 108 valence electrons. The van der Waals surface area contributed by atoms with Gasteiger partial charge >= 0.3 is 0 Å². The molecule has 1 aromatic heterocycles. The number of hydrogen-bond donors (Lipinski definition) is 1. The fourth-order valence-electron chi connectivity index (χ4n) is 2.12. The number of nitrogens with zero attached hydrogens (tertiary/aromatic N) is 1. The first-order valence-corrected chi connectivity index (χ1v) is 8.40. The van der Waals surface area contributed by atoms with Crippen molar-refractivity contribution in [3.05, 3.63) is 45.4 Å². The fourth-order valence-corrected chi connectivity index (χ4v) is 3.47. The summed E-state index contributed by atoms with van der Waals surface area (Å²) in [4.78, 5) is 5.95. The molecule has 1 aromatic carbocycles. The zero-order valence-electron chi connectivity index (χ0n) is 12.2. The molecule has 0 amide bonds. The second-order valence-corrected chi connectivity index (χ2v) is 6.46. The number of benzene rings is 1. The van der Waals surface area contributed by atoms with Crippen LogP contribution in [-0.4, -0.2) is 4.98 Å². The summed E-state index contributed by atoms with van der Waals surface area (Å²) in [5, 5.41) is 1.03. The van der Waals surface area contributed by atoms with Crippen LogP contribution in [0.15, 0.2) is 24.3 Å². The van der Waals surface area contributed by atoms with Crippen molar-refractivity contribution in [1.82, 2.24) is 4.98 Å². The molecule has 20 heavy (non-hydrogen) atoms. The summed E-state index contributed by atoms with van der Waals surface area (Å²) in [6, 6.07) is 8.19. The van der Waals surface area contributed by atoms with Gasteiger partial charge in [0.15, 0.2) is 0 Å². The van der Waals surface area contributed by atoms with Crippen molar-refractivity contribution in [2.24, 2.45) is 0 Å². The molecule has 0 aliphatic carbocycles. The van der Waals surface area contributed by atoms with Crippen LogP contribution in [0.1, 0.15) is 47.8 Å². The van der Waals surface area contributed by atoms with Gasteiger partial charge in [-0.2, -0.15) is 12.6 Å². The second-order valence-electron chi connectivity index (χ2n) is 4.98. The Morgan fingerprint density at radius 2 is 2.05 bits per heavy atom. The SMILES string of the molecule is CCc1ccccc1OCc1nc(C(C)C)c(CS)s1. The maximum absolute atomic E-state index is 5.93. The third-order valence-electron chi connectivity index (χ3n) is 3.17. The van der Waals surface area contributed by atoms with Crippen molar-refractivity contribution in [1.29, 1.82) is 0 Å². The maximum Gasteiger partial charge on any atom is 0.140 e. The summed E-state index contributed by atoms with van der Waals surface area (Å²) in [5.41, 5.74) is 2.40. The third kappa shape index (κ3) is 3.55. The first-order chi connectivity index (χ1) is 9.65. The minimum absolute atomic E-state index is 0.435. The Kier molecular flexibility index (Phi) is 5.49. The standard InChI is InChI=1S/C16H21NOS2/c1-4-12-7-5-6-8-13(12)18-9-15-17-16(11(2)3)14(10-19)20-15/h5-8,11,19H,4,9-10H2,1-3H3. The molecular formula is C16H21NOS2. The lowest BCUT2D eigenvalue weighted by Crippen LogP contribution is -1.98. The number of aryl methyl sites for hydroxylation is 1. The first kappa shape index (κ1) is 15.4. The maximum atomic E-state index is 5.93. The largest absolute Gasteiger partial charge is 0.486 e. The zero-order chi connectivity index (χ0) is 14.5. The average molecular weight is 307 g/mol. The van der Waals surface area contributed by atoms with Gasteiger partial charge in [-0.25, -0.2) is 4.98 Å². The Balaban J connectivity index is 2.11. The van der Waals surface area contributed by atoms with Crippen molar-refractivity contribution in [2.75, 3.05) is 0 Å².